The number of aryl methyl sites for hydroxylation is 1. The molecule has 2 fully saturated rings. The fourth-order valence-electron chi connectivity index (χ4n) is 4.27. The molecular formula is C21H29NO2S. The molecule has 3 nitrogen and oxygen atoms in total. The van der Waals surface area contributed by atoms with Crippen molar-refractivity contribution in [1.82, 2.24) is 4.90 Å². The molecule has 0 N–H and O–H groups in total. The van der Waals surface area contributed by atoms with Crippen LogP contribution in [0, 0.1) is 11.8 Å². The number of rotatable bonds is 7. The van der Waals surface area contributed by atoms with Crippen molar-refractivity contribution in [2.75, 3.05) is 11.6 Å². The van der Waals surface area contributed by atoms with Gasteiger partial charge in [0.1, 0.15) is 6.29 Å². The summed E-state index contributed by atoms with van der Waals surface area (Å²) >= 11 is 1.70. The summed E-state index contributed by atoms with van der Waals surface area (Å²) in [5.41, 5.74) is 1.40. The molecule has 136 valence electrons. The molecule has 1 aromatic rings. The summed E-state index contributed by atoms with van der Waals surface area (Å²) in [6.07, 6.45) is 10.2. The minimum atomic E-state index is -0.196. The average Bonchev–Trinajstić information content (AvgIpc) is 3.14. The number of aldehydes is 1. The molecule has 0 aromatic heterocycles. The van der Waals surface area contributed by atoms with Gasteiger partial charge in [0.05, 0.1) is 11.9 Å². The molecule has 1 aliphatic heterocycles. The lowest BCUT2D eigenvalue weighted by molar-refractivity contribution is -0.140. The van der Waals surface area contributed by atoms with E-state index >= 15 is 0 Å². The third-order valence-corrected chi connectivity index (χ3v) is 6.76. The summed E-state index contributed by atoms with van der Waals surface area (Å²) in [6, 6.07) is 10.4. The predicted molar refractivity (Wildman–Crippen MR) is 103 cm³/mol. The molecule has 2 unspecified atom stereocenters. The average molecular weight is 360 g/mol. The SMILES string of the molecule is O=C[C@@H]1CSCN1C(=O)C1CCCCC1CCCCc1ccccc1. The third-order valence-electron chi connectivity index (χ3n) is 5.72. The van der Waals surface area contributed by atoms with Crippen molar-refractivity contribution in [3.63, 3.8) is 0 Å². The number of benzene rings is 1. The fourth-order valence-corrected chi connectivity index (χ4v) is 5.39. The van der Waals surface area contributed by atoms with Gasteiger partial charge < -0.3 is 9.69 Å². The maximum atomic E-state index is 13.0. The van der Waals surface area contributed by atoms with Gasteiger partial charge in [-0.25, -0.2) is 0 Å². The zero-order valence-corrected chi connectivity index (χ0v) is 15.8. The van der Waals surface area contributed by atoms with Crippen LogP contribution in [-0.4, -0.2) is 34.8 Å². The van der Waals surface area contributed by atoms with E-state index in [0.29, 0.717) is 11.8 Å². The second-order valence-corrected chi connectivity index (χ2v) is 8.39. The van der Waals surface area contributed by atoms with Gasteiger partial charge in [-0.2, -0.15) is 0 Å². The number of nitrogens with zero attached hydrogens (tertiary/aromatic N) is 1. The number of hydrogen-bond donors (Lipinski definition) is 0. The van der Waals surface area contributed by atoms with Crippen LogP contribution in [0.4, 0.5) is 0 Å². The summed E-state index contributed by atoms with van der Waals surface area (Å²) in [4.78, 5) is 26.1. The first-order valence-electron chi connectivity index (χ1n) is 9.67. The van der Waals surface area contributed by atoms with Crippen LogP contribution in [0.3, 0.4) is 0 Å². The van der Waals surface area contributed by atoms with Crippen LogP contribution in [0.2, 0.25) is 0 Å². The Kier molecular flexibility index (Phi) is 6.97. The Balaban J connectivity index is 1.50. The highest BCUT2D eigenvalue weighted by atomic mass is 32.2. The van der Waals surface area contributed by atoms with Crippen LogP contribution >= 0.6 is 11.8 Å². The summed E-state index contributed by atoms with van der Waals surface area (Å²) in [5.74, 6) is 2.36. The Morgan fingerprint density at radius 3 is 2.76 bits per heavy atom. The minimum absolute atomic E-state index is 0.145. The van der Waals surface area contributed by atoms with E-state index in [2.05, 4.69) is 30.3 Å². The van der Waals surface area contributed by atoms with Gasteiger partial charge in [-0.3, -0.25) is 4.79 Å². The van der Waals surface area contributed by atoms with Crippen molar-refractivity contribution in [2.24, 2.45) is 11.8 Å². The first kappa shape index (κ1) is 18.5. The fraction of sp³-hybridized carbons (Fsp3) is 0.619. The van der Waals surface area contributed by atoms with E-state index in [4.69, 9.17) is 0 Å². The van der Waals surface area contributed by atoms with E-state index in [1.807, 2.05) is 4.90 Å². The van der Waals surface area contributed by atoms with Crippen molar-refractivity contribution >= 4 is 24.0 Å². The highest BCUT2D eigenvalue weighted by Crippen LogP contribution is 2.36. The lowest BCUT2D eigenvalue weighted by Gasteiger charge is -2.34. The van der Waals surface area contributed by atoms with Gasteiger partial charge in [0.2, 0.25) is 5.91 Å². The Bertz CT molecular complexity index is 562. The predicted octanol–water partition coefficient (Wildman–Crippen LogP) is 4.31. The van der Waals surface area contributed by atoms with Crippen LogP contribution in [0.25, 0.3) is 0 Å². The van der Waals surface area contributed by atoms with Crippen LogP contribution < -0.4 is 0 Å². The smallest absolute Gasteiger partial charge is 0.227 e. The lowest BCUT2D eigenvalue weighted by atomic mass is 9.75. The summed E-state index contributed by atoms with van der Waals surface area (Å²) < 4.78 is 0. The van der Waals surface area contributed by atoms with Crippen molar-refractivity contribution in [3.8, 4) is 0 Å². The molecule has 1 amide bonds. The topological polar surface area (TPSA) is 37.4 Å². The second-order valence-electron chi connectivity index (χ2n) is 7.39. The number of carbonyl (C=O) groups excluding carboxylic acids is 2. The molecule has 0 bridgehead atoms. The molecule has 1 aromatic carbocycles. The molecule has 4 heteroatoms. The number of unbranched alkanes of at least 4 members (excludes halogenated alkanes) is 1. The van der Waals surface area contributed by atoms with Crippen molar-refractivity contribution < 1.29 is 9.59 Å². The van der Waals surface area contributed by atoms with Crippen LogP contribution in [0.15, 0.2) is 30.3 Å². The van der Waals surface area contributed by atoms with Crippen LogP contribution in [0.5, 0.6) is 0 Å². The van der Waals surface area contributed by atoms with E-state index in [1.165, 1.54) is 31.2 Å². The summed E-state index contributed by atoms with van der Waals surface area (Å²) in [5, 5.41) is 0. The van der Waals surface area contributed by atoms with Gasteiger partial charge in [0, 0.05) is 11.7 Å². The van der Waals surface area contributed by atoms with Crippen LogP contribution in [-0.2, 0) is 16.0 Å². The Hall–Kier alpha value is -1.29. The maximum absolute atomic E-state index is 13.0. The monoisotopic (exact) mass is 359 g/mol. The summed E-state index contributed by atoms with van der Waals surface area (Å²) in [6.45, 7) is 0. The normalized spacial score (nSPS) is 26.6. The maximum Gasteiger partial charge on any atom is 0.227 e. The highest BCUT2D eigenvalue weighted by Gasteiger charge is 2.37. The molecule has 0 radical (unpaired) electrons. The largest absolute Gasteiger partial charge is 0.323 e. The number of thioether (sulfide) groups is 1. The molecule has 0 spiro atoms. The highest BCUT2D eigenvalue weighted by molar-refractivity contribution is 7.99. The Morgan fingerprint density at radius 2 is 1.96 bits per heavy atom. The van der Waals surface area contributed by atoms with Gasteiger partial charge in [0.15, 0.2) is 0 Å². The molecular weight excluding hydrogens is 330 g/mol. The third kappa shape index (κ3) is 4.87. The first-order chi connectivity index (χ1) is 12.3. The van der Waals surface area contributed by atoms with Crippen LogP contribution in [0.1, 0.15) is 50.5 Å². The zero-order chi connectivity index (χ0) is 17.5. The van der Waals surface area contributed by atoms with Gasteiger partial charge >= 0.3 is 0 Å². The van der Waals surface area contributed by atoms with Crippen molar-refractivity contribution in [2.45, 2.75) is 57.4 Å². The molecule has 1 saturated carbocycles. The molecule has 1 aliphatic carbocycles. The van der Waals surface area contributed by atoms with Gasteiger partial charge in [-0.05, 0) is 43.6 Å². The second kappa shape index (κ2) is 9.42. The Labute approximate surface area is 155 Å². The van der Waals surface area contributed by atoms with Gasteiger partial charge in [0.25, 0.3) is 0 Å². The number of hydrogen-bond acceptors (Lipinski definition) is 3. The van der Waals surface area contributed by atoms with E-state index in [0.717, 1.165) is 37.7 Å². The molecule has 25 heavy (non-hydrogen) atoms. The molecule has 1 saturated heterocycles. The van der Waals surface area contributed by atoms with Crippen molar-refractivity contribution in [3.05, 3.63) is 35.9 Å². The van der Waals surface area contributed by atoms with E-state index in [-0.39, 0.29) is 17.9 Å². The van der Waals surface area contributed by atoms with E-state index < -0.39 is 0 Å². The number of amides is 1. The van der Waals surface area contributed by atoms with E-state index in [1.54, 1.807) is 11.8 Å². The Morgan fingerprint density at radius 1 is 1.16 bits per heavy atom. The number of carbonyl (C=O) groups is 2. The molecule has 2 aliphatic rings. The molecule has 3 atom stereocenters. The van der Waals surface area contributed by atoms with Gasteiger partial charge in [-0.1, -0.05) is 49.6 Å². The van der Waals surface area contributed by atoms with Crippen molar-refractivity contribution in [1.29, 1.82) is 0 Å². The quantitative estimate of drug-likeness (QED) is 0.538. The van der Waals surface area contributed by atoms with Gasteiger partial charge in [-0.15, -0.1) is 11.8 Å². The van der Waals surface area contributed by atoms with E-state index in [9.17, 15) is 9.59 Å². The first-order valence-corrected chi connectivity index (χ1v) is 10.8. The standard InChI is InChI=1S/C21H29NO2S/c23-14-19-15-25-16-22(19)21(24)20-13-7-6-12-18(20)11-5-4-10-17-8-2-1-3-9-17/h1-3,8-9,14,18-20H,4-7,10-13,15-16H2/t18?,19-,20?/m1/s1. The molecule has 1 heterocycles. The summed E-state index contributed by atoms with van der Waals surface area (Å²) in [7, 11) is 0. The zero-order valence-electron chi connectivity index (χ0n) is 14.9. The lowest BCUT2D eigenvalue weighted by Crippen LogP contribution is -2.44. The minimum Gasteiger partial charge on any atom is -0.323 e. The molecule has 3 rings (SSSR count).